The Labute approximate surface area is 181 Å². The quantitative estimate of drug-likeness (QED) is 0.367. The Kier molecular flexibility index (Phi) is 4.18. The van der Waals surface area contributed by atoms with Crippen LogP contribution in [0, 0.1) is 0 Å². The molecule has 0 saturated carbocycles. The number of benzene rings is 2. The second kappa shape index (κ2) is 7.18. The lowest BCUT2D eigenvalue weighted by atomic mass is 10.1. The SMILES string of the molecule is O=c1c2c(-c3cc4ccccc4o3)csc2cnn1CCc1ccc2ccccc2n1. The van der Waals surface area contributed by atoms with E-state index in [4.69, 9.17) is 9.40 Å². The maximum atomic E-state index is 13.3. The Morgan fingerprint density at radius 3 is 2.71 bits per heavy atom. The summed E-state index contributed by atoms with van der Waals surface area (Å²) in [5.74, 6) is 0.707. The summed E-state index contributed by atoms with van der Waals surface area (Å²) >= 11 is 1.51. The highest BCUT2D eigenvalue weighted by molar-refractivity contribution is 7.17. The van der Waals surface area contributed by atoms with Crippen molar-refractivity contribution in [2.45, 2.75) is 13.0 Å². The minimum Gasteiger partial charge on any atom is -0.456 e. The average molecular weight is 423 g/mol. The first-order chi connectivity index (χ1) is 15.3. The van der Waals surface area contributed by atoms with Gasteiger partial charge >= 0.3 is 0 Å². The number of thiophene rings is 1. The molecule has 6 rings (SSSR count). The molecule has 31 heavy (non-hydrogen) atoms. The molecule has 4 heterocycles. The molecule has 5 nitrogen and oxygen atoms in total. The molecule has 0 radical (unpaired) electrons. The van der Waals surface area contributed by atoms with E-state index in [0.717, 1.165) is 37.8 Å². The number of hydrogen-bond acceptors (Lipinski definition) is 5. The third kappa shape index (κ3) is 3.12. The standard InChI is InChI=1S/C25H17N3O2S/c29-25-24-19(22-13-17-6-2-4-8-21(17)30-22)15-31-23(24)14-26-28(25)12-11-18-10-9-16-5-1-3-7-20(16)27-18/h1-10,13-15H,11-12H2. The molecule has 0 aliphatic rings. The zero-order valence-electron chi connectivity index (χ0n) is 16.5. The summed E-state index contributed by atoms with van der Waals surface area (Å²) in [6.07, 6.45) is 2.40. The number of pyridine rings is 1. The molecule has 0 amide bonds. The van der Waals surface area contributed by atoms with Gasteiger partial charge in [0.2, 0.25) is 0 Å². The van der Waals surface area contributed by atoms with Crippen molar-refractivity contribution in [2.75, 3.05) is 0 Å². The zero-order chi connectivity index (χ0) is 20.8. The van der Waals surface area contributed by atoms with E-state index in [-0.39, 0.29) is 5.56 Å². The Balaban J connectivity index is 1.36. The summed E-state index contributed by atoms with van der Waals surface area (Å²) in [5, 5.41) is 9.15. The number of rotatable bonds is 4. The van der Waals surface area contributed by atoms with Gasteiger partial charge in [0.05, 0.1) is 28.3 Å². The van der Waals surface area contributed by atoms with Crippen molar-refractivity contribution in [3.8, 4) is 11.3 Å². The van der Waals surface area contributed by atoms with E-state index in [0.29, 0.717) is 24.1 Å². The second-order valence-electron chi connectivity index (χ2n) is 7.46. The summed E-state index contributed by atoms with van der Waals surface area (Å²) in [5.41, 5.74) is 3.43. The monoisotopic (exact) mass is 423 g/mol. The van der Waals surface area contributed by atoms with E-state index in [2.05, 4.69) is 11.2 Å². The van der Waals surface area contributed by atoms with Crippen LogP contribution in [-0.4, -0.2) is 14.8 Å². The minimum atomic E-state index is -0.102. The molecular weight excluding hydrogens is 406 g/mol. The number of aryl methyl sites for hydroxylation is 2. The van der Waals surface area contributed by atoms with Gasteiger partial charge in [0.25, 0.3) is 5.56 Å². The normalized spacial score (nSPS) is 11.6. The third-order valence-electron chi connectivity index (χ3n) is 5.51. The Morgan fingerprint density at radius 2 is 1.81 bits per heavy atom. The van der Waals surface area contributed by atoms with Crippen LogP contribution in [0.3, 0.4) is 0 Å². The minimum absolute atomic E-state index is 0.102. The van der Waals surface area contributed by atoms with Crippen LogP contribution in [0.2, 0.25) is 0 Å². The maximum absolute atomic E-state index is 13.3. The fourth-order valence-corrected chi connectivity index (χ4v) is 4.82. The molecule has 0 saturated heterocycles. The topological polar surface area (TPSA) is 60.9 Å². The van der Waals surface area contributed by atoms with E-state index in [9.17, 15) is 4.79 Å². The van der Waals surface area contributed by atoms with Crippen LogP contribution in [-0.2, 0) is 13.0 Å². The highest BCUT2D eigenvalue weighted by Crippen LogP contribution is 2.34. The first kappa shape index (κ1) is 18.0. The van der Waals surface area contributed by atoms with Crippen LogP contribution < -0.4 is 5.56 Å². The number of aromatic nitrogens is 3. The summed E-state index contributed by atoms with van der Waals surface area (Å²) in [7, 11) is 0. The van der Waals surface area contributed by atoms with Crippen LogP contribution >= 0.6 is 11.3 Å². The van der Waals surface area contributed by atoms with Crippen molar-refractivity contribution < 1.29 is 4.42 Å². The van der Waals surface area contributed by atoms with Crippen LogP contribution in [0.25, 0.3) is 43.3 Å². The van der Waals surface area contributed by atoms with Crippen LogP contribution in [0.15, 0.2) is 87.5 Å². The van der Waals surface area contributed by atoms with Crippen molar-refractivity contribution in [1.29, 1.82) is 0 Å². The number of furan rings is 1. The van der Waals surface area contributed by atoms with Crippen molar-refractivity contribution in [3.05, 3.63) is 94.4 Å². The molecule has 150 valence electrons. The summed E-state index contributed by atoms with van der Waals surface area (Å²) in [6, 6.07) is 22.0. The molecule has 0 N–H and O–H groups in total. The Hall–Kier alpha value is -3.77. The molecule has 0 aliphatic heterocycles. The fraction of sp³-hybridized carbons (Fsp3) is 0.0800. The van der Waals surface area contributed by atoms with Crippen LogP contribution in [0.5, 0.6) is 0 Å². The average Bonchev–Trinajstić information content (AvgIpc) is 3.43. The third-order valence-corrected chi connectivity index (χ3v) is 6.43. The van der Waals surface area contributed by atoms with E-state index < -0.39 is 0 Å². The molecule has 6 aromatic rings. The molecule has 0 fully saturated rings. The van der Waals surface area contributed by atoms with E-state index in [1.165, 1.54) is 16.0 Å². The van der Waals surface area contributed by atoms with E-state index >= 15 is 0 Å². The largest absolute Gasteiger partial charge is 0.456 e. The molecule has 6 heteroatoms. The van der Waals surface area contributed by atoms with Gasteiger partial charge in [0.15, 0.2) is 0 Å². The molecule has 0 spiro atoms. The van der Waals surface area contributed by atoms with Gasteiger partial charge < -0.3 is 4.42 Å². The van der Waals surface area contributed by atoms with Gasteiger partial charge in [-0.1, -0.05) is 42.5 Å². The van der Waals surface area contributed by atoms with Gasteiger partial charge in [-0.05, 0) is 24.3 Å². The number of para-hydroxylation sites is 2. The number of fused-ring (bicyclic) bond motifs is 3. The van der Waals surface area contributed by atoms with Gasteiger partial charge in [-0.3, -0.25) is 9.78 Å². The van der Waals surface area contributed by atoms with Crippen molar-refractivity contribution in [2.24, 2.45) is 0 Å². The van der Waals surface area contributed by atoms with Crippen LogP contribution in [0.1, 0.15) is 5.69 Å². The zero-order valence-corrected chi connectivity index (χ0v) is 17.3. The number of nitrogens with zero attached hydrogens (tertiary/aromatic N) is 3. The molecule has 4 aromatic heterocycles. The molecule has 2 aromatic carbocycles. The Morgan fingerprint density at radius 1 is 0.968 bits per heavy atom. The molecule has 0 aliphatic carbocycles. The van der Waals surface area contributed by atoms with Gasteiger partial charge in [-0.2, -0.15) is 5.10 Å². The summed E-state index contributed by atoms with van der Waals surface area (Å²) in [4.78, 5) is 18.0. The lowest BCUT2D eigenvalue weighted by Gasteiger charge is -2.06. The van der Waals surface area contributed by atoms with E-state index in [1.807, 2.05) is 66.0 Å². The highest BCUT2D eigenvalue weighted by Gasteiger charge is 2.16. The van der Waals surface area contributed by atoms with Gasteiger partial charge in [0, 0.05) is 33.8 Å². The fourth-order valence-electron chi connectivity index (χ4n) is 3.92. The molecule has 0 bridgehead atoms. The molecule has 0 unspecified atom stereocenters. The summed E-state index contributed by atoms with van der Waals surface area (Å²) in [6.45, 7) is 0.468. The molecule has 0 atom stereocenters. The first-order valence-electron chi connectivity index (χ1n) is 10.1. The smallest absolute Gasteiger partial charge is 0.276 e. The van der Waals surface area contributed by atoms with Crippen LogP contribution in [0.4, 0.5) is 0 Å². The maximum Gasteiger partial charge on any atom is 0.276 e. The molecular formula is C25H17N3O2S. The first-order valence-corrected chi connectivity index (χ1v) is 11.0. The van der Waals surface area contributed by atoms with Gasteiger partial charge in [-0.25, -0.2) is 4.68 Å². The second-order valence-corrected chi connectivity index (χ2v) is 8.37. The predicted molar refractivity (Wildman–Crippen MR) is 125 cm³/mol. The lowest BCUT2D eigenvalue weighted by Crippen LogP contribution is -2.23. The predicted octanol–water partition coefficient (Wildman–Crippen LogP) is 5.66. The van der Waals surface area contributed by atoms with Gasteiger partial charge in [0.1, 0.15) is 11.3 Å². The highest BCUT2D eigenvalue weighted by atomic mass is 32.1. The van der Waals surface area contributed by atoms with Gasteiger partial charge in [-0.15, -0.1) is 11.3 Å². The lowest BCUT2D eigenvalue weighted by molar-refractivity contribution is 0.580. The summed E-state index contributed by atoms with van der Waals surface area (Å²) < 4.78 is 8.40. The van der Waals surface area contributed by atoms with Crippen molar-refractivity contribution in [3.63, 3.8) is 0 Å². The van der Waals surface area contributed by atoms with Crippen molar-refractivity contribution in [1.82, 2.24) is 14.8 Å². The number of hydrogen-bond donors (Lipinski definition) is 0. The van der Waals surface area contributed by atoms with E-state index in [1.54, 1.807) is 6.20 Å². The Bertz CT molecular complexity index is 1590. The van der Waals surface area contributed by atoms with Crippen molar-refractivity contribution >= 4 is 43.3 Å².